The fraction of sp³-hybridized carbons (Fsp3) is 0.750. The SMILES string of the molecule is CCOC(=O)C(CC(=O)CC1CC1)C(=O)C(F)(F)F. The lowest BCUT2D eigenvalue weighted by molar-refractivity contribution is -0.181. The summed E-state index contributed by atoms with van der Waals surface area (Å²) >= 11 is 0. The zero-order chi connectivity index (χ0) is 14.6. The van der Waals surface area contributed by atoms with Gasteiger partial charge in [-0.15, -0.1) is 0 Å². The fourth-order valence-electron chi connectivity index (χ4n) is 1.68. The van der Waals surface area contributed by atoms with Gasteiger partial charge in [0.25, 0.3) is 5.78 Å². The van der Waals surface area contributed by atoms with E-state index >= 15 is 0 Å². The second-order valence-corrected chi connectivity index (χ2v) is 4.56. The van der Waals surface area contributed by atoms with Crippen LogP contribution < -0.4 is 0 Å². The Morgan fingerprint density at radius 1 is 1.26 bits per heavy atom. The van der Waals surface area contributed by atoms with E-state index in [0.29, 0.717) is 0 Å². The van der Waals surface area contributed by atoms with Gasteiger partial charge in [-0.1, -0.05) is 0 Å². The van der Waals surface area contributed by atoms with Gasteiger partial charge in [-0.25, -0.2) is 0 Å². The summed E-state index contributed by atoms with van der Waals surface area (Å²) in [6, 6.07) is 0. The van der Waals surface area contributed by atoms with Crippen LogP contribution in [0.5, 0.6) is 0 Å². The molecule has 0 radical (unpaired) electrons. The molecule has 0 spiro atoms. The van der Waals surface area contributed by atoms with Crippen molar-refractivity contribution in [2.75, 3.05) is 6.61 Å². The average Bonchev–Trinajstić information content (AvgIpc) is 3.07. The van der Waals surface area contributed by atoms with Gasteiger partial charge in [0.05, 0.1) is 6.61 Å². The molecule has 1 unspecified atom stereocenters. The van der Waals surface area contributed by atoms with Crippen LogP contribution in [0.3, 0.4) is 0 Å². The summed E-state index contributed by atoms with van der Waals surface area (Å²) in [5, 5.41) is 0. The van der Waals surface area contributed by atoms with Crippen LogP contribution in [0.25, 0.3) is 0 Å². The molecule has 1 aliphatic rings. The highest BCUT2D eigenvalue weighted by Gasteiger charge is 2.47. The number of hydrogen-bond donors (Lipinski definition) is 0. The minimum atomic E-state index is -5.14. The Bertz CT molecular complexity index is 372. The van der Waals surface area contributed by atoms with Crippen molar-refractivity contribution in [3.05, 3.63) is 0 Å². The minimum absolute atomic E-state index is 0.126. The summed E-state index contributed by atoms with van der Waals surface area (Å²) in [5.74, 6) is -5.87. The molecule has 0 amide bonds. The van der Waals surface area contributed by atoms with Crippen molar-refractivity contribution in [2.24, 2.45) is 11.8 Å². The number of carbonyl (C=O) groups excluding carboxylic acids is 3. The van der Waals surface area contributed by atoms with Gasteiger partial charge in [0.2, 0.25) is 0 Å². The first-order valence-corrected chi connectivity index (χ1v) is 6.05. The molecular formula is C12H15F3O4. The van der Waals surface area contributed by atoms with Crippen molar-refractivity contribution in [1.29, 1.82) is 0 Å². The van der Waals surface area contributed by atoms with Crippen LogP contribution in [0.15, 0.2) is 0 Å². The molecule has 1 rings (SSSR count). The Labute approximate surface area is 108 Å². The fourth-order valence-corrected chi connectivity index (χ4v) is 1.68. The highest BCUT2D eigenvalue weighted by atomic mass is 19.4. The number of halogens is 3. The first kappa shape index (κ1) is 15.7. The molecule has 1 saturated carbocycles. The summed E-state index contributed by atoms with van der Waals surface area (Å²) in [4.78, 5) is 34.0. The van der Waals surface area contributed by atoms with E-state index in [1.165, 1.54) is 6.92 Å². The van der Waals surface area contributed by atoms with Gasteiger partial charge < -0.3 is 4.74 Å². The second kappa shape index (κ2) is 6.16. The molecule has 0 aromatic rings. The summed E-state index contributed by atoms with van der Waals surface area (Å²) in [6.07, 6.45) is -4.02. The topological polar surface area (TPSA) is 60.4 Å². The van der Waals surface area contributed by atoms with Crippen LogP contribution in [0.1, 0.15) is 32.6 Å². The number of rotatable bonds is 7. The van der Waals surface area contributed by atoms with Crippen LogP contribution >= 0.6 is 0 Å². The van der Waals surface area contributed by atoms with E-state index in [1.807, 2.05) is 0 Å². The van der Waals surface area contributed by atoms with E-state index in [1.54, 1.807) is 0 Å². The van der Waals surface area contributed by atoms with Gasteiger partial charge in [-0.3, -0.25) is 14.4 Å². The molecule has 1 aliphatic carbocycles. The van der Waals surface area contributed by atoms with Crippen LogP contribution in [0.2, 0.25) is 0 Å². The standard InChI is InChI=1S/C12H15F3O4/c1-2-19-11(18)9(10(17)12(13,14)15)6-8(16)5-7-3-4-7/h7,9H,2-6H2,1H3. The molecule has 0 aromatic carbocycles. The number of ketones is 2. The number of hydrogen-bond acceptors (Lipinski definition) is 4. The van der Waals surface area contributed by atoms with Crippen molar-refractivity contribution >= 4 is 17.5 Å². The maximum atomic E-state index is 12.4. The Balaban J connectivity index is 2.70. The van der Waals surface area contributed by atoms with Crippen LogP contribution in [0, 0.1) is 11.8 Å². The molecule has 0 aromatic heterocycles. The number of Topliss-reactive ketones (excluding diaryl/α,β-unsaturated/α-hetero) is 2. The number of carbonyl (C=O) groups is 3. The lowest BCUT2D eigenvalue weighted by Gasteiger charge is -2.15. The highest BCUT2D eigenvalue weighted by molar-refractivity contribution is 6.04. The van der Waals surface area contributed by atoms with E-state index < -0.39 is 36.1 Å². The molecule has 0 heterocycles. The molecule has 0 saturated heterocycles. The zero-order valence-electron chi connectivity index (χ0n) is 10.5. The second-order valence-electron chi connectivity index (χ2n) is 4.56. The van der Waals surface area contributed by atoms with E-state index in [0.717, 1.165) is 12.8 Å². The molecule has 108 valence electrons. The summed E-state index contributed by atoms with van der Waals surface area (Å²) in [5.41, 5.74) is 0. The van der Waals surface area contributed by atoms with Gasteiger partial charge in [0.1, 0.15) is 11.7 Å². The predicted molar refractivity (Wildman–Crippen MR) is 58.2 cm³/mol. The van der Waals surface area contributed by atoms with Gasteiger partial charge in [-0.05, 0) is 25.7 Å². The maximum Gasteiger partial charge on any atom is 0.450 e. The normalized spacial score (nSPS) is 16.8. The molecular weight excluding hydrogens is 265 g/mol. The molecule has 1 atom stereocenters. The third-order valence-corrected chi connectivity index (χ3v) is 2.81. The molecule has 0 bridgehead atoms. The van der Waals surface area contributed by atoms with Gasteiger partial charge in [0, 0.05) is 12.8 Å². The molecule has 4 nitrogen and oxygen atoms in total. The first-order chi connectivity index (χ1) is 8.75. The van der Waals surface area contributed by atoms with Crippen molar-refractivity contribution < 1.29 is 32.3 Å². The molecule has 19 heavy (non-hydrogen) atoms. The minimum Gasteiger partial charge on any atom is -0.465 e. The monoisotopic (exact) mass is 280 g/mol. The van der Waals surface area contributed by atoms with Crippen molar-refractivity contribution in [1.82, 2.24) is 0 Å². The third-order valence-electron chi connectivity index (χ3n) is 2.81. The third kappa shape index (κ3) is 5.00. The van der Waals surface area contributed by atoms with Crippen molar-refractivity contribution in [2.45, 2.75) is 38.8 Å². The summed E-state index contributed by atoms with van der Waals surface area (Å²) < 4.78 is 41.5. The van der Waals surface area contributed by atoms with Crippen LogP contribution in [0.4, 0.5) is 13.2 Å². The van der Waals surface area contributed by atoms with Gasteiger partial charge in [0.15, 0.2) is 0 Å². The van der Waals surface area contributed by atoms with Crippen LogP contribution in [-0.4, -0.2) is 30.3 Å². The Kier molecular flexibility index (Phi) is 5.08. The number of esters is 1. The van der Waals surface area contributed by atoms with Crippen molar-refractivity contribution in [3.8, 4) is 0 Å². The largest absolute Gasteiger partial charge is 0.465 e. The predicted octanol–water partition coefficient (Wildman–Crippen LogP) is 2.06. The highest BCUT2D eigenvalue weighted by Crippen LogP contribution is 2.34. The van der Waals surface area contributed by atoms with Crippen LogP contribution in [-0.2, 0) is 19.1 Å². The zero-order valence-corrected chi connectivity index (χ0v) is 10.5. The Morgan fingerprint density at radius 3 is 2.26 bits per heavy atom. The van der Waals surface area contributed by atoms with Gasteiger partial charge >= 0.3 is 12.1 Å². The molecule has 0 N–H and O–H groups in total. The molecule has 1 fully saturated rings. The van der Waals surface area contributed by atoms with Crippen molar-refractivity contribution in [3.63, 3.8) is 0 Å². The van der Waals surface area contributed by atoms with E-state index in [-0.39, 0.29) is 18.9 Å². The quantitative estimate of drug-likeness (QED) is 0.529. The number of ether oxygens (including phenoxy) is 1. The molecule has 0 aliphatic heterocycles. The van der Waals surface area contributed by atoms with Gasteiger partial charge in [-0.2, -0.15) is 13.2 Å². The average molecular weight is 280 g/mol. The number of alkyl halides is 3. The van der Waals surface area contributed by atoms with E-state index in [4.69, 9.17) is 0 Å². The van der Waals surface area contributed by atoms with E-state index in [2.05, 4.69) is 4.74 Å². The lowest BCUT2D eigenvalue weighted by atomic mass is 9.95. The Hall–Kier alpha value is -1.40. The first-order valence-electron chi connectivity index (χ1n) is 6.05. The summed E-state index contributed by atoms with van der Waals surface area (Å²) in [6.45, 7) is 1.27. The Morgan fingerprint density at radius 2 is 1.84 bits per heavy atom. The lowest BCUT2D eigenvalue weighted by Crippen LogP contribution is -2.37. The maximum absolute atomic E-state index is 12.4. The van der Waals surface area contributed by atoms with E-state index in [9.17, 15) is 27.6 Å². The molecule has 7 heteroatoms. The smallest absolute Gasteiger partial charge is 0.450 e. The summed E-state index contributed by atoms with van der Waals surface area (Å²) in [7, 11) is 0.